The second kappa shape index (κ2) is 8.12. The van der Waals surface area contributed by atoms with Crippen molar-refractivity contribution in [3.8, 4) is 21.8 Å². The van der Waals surface area contributed by atoms with Crippen LogP contribution < -0.4 is 5.32 Å². The Balaban J connectivity index is 1.33. The van der Waals surface area contributed by atoms with Crippen molar-refractivity contribution in [3.05, 3.63) is 83.6 Å². The van der Waals surface area contributed by atoms with E-state index in [4.69, 9.17) is 9.51 Å². The minimum absolute atomic E-state index is 0.141. The Hall–Kier alpha value is -3.84. The summed E-state index contributed by atoms with van der Waals surface area (Å²) in [6.45, 7) is 2.00. The monoisotopic (exact) mass is 426 g/mol. The van der Waals surface area contributed by atoms with E-state index in [1.54, 1.807) is 23.7 Å². The van der Waals surface area contributed by atoms with E-state index in [9.17, 15) is 4.79 Å². The van der Waals surface area contributed by atoms with E-state index in [1.165, 1.54) is 0 Å². The zero-order chi connectivity index (χ0) is 21.2. The first-order valence-electron chi connectivity index (χ1n) is 9.77. The zero-order valence-corrected chi connectivity index (χ0v) is 17.5. The van der Waals surface area contributed by atoms with Crippen molar-refractivity contribution >= 4 is 33.9 Å². The maximum atomic E-state index is 12.6. The molecule has 0 aliphatic rings. The van der Waals surface area contributed by atoms with Crippen LogP contribution in [0.3, 0.4) is 0 Å². The van der Waals surface area contributed by atoms with E-state index in [2.05, 4.69) is 15.5 Å². The third kappa shape index (κ3) is 4.08. The van der Waals surface area contributed by atoms with E-state index in [0.29, 0.717) is 17.0 Å². The van der Waals surface area contributed by atoms with Gasteiger partial charge in [0.25, 0.3) is 0 Å². The van der Waals surface area contributed by atoms with Crippen LogP contribution in [0.1, 0.15) is 11.3 Å². The van der Waals surface area contributed by atoms with Crippen molar-refractivity contribution < 1.29 is 9.32 Å². The molecule has 6 nitrogen and oxygen atoms in total. The van der Waals surface area contributed by atoms with Gasteiger partial charge in [-0.05, 0) is 43.3 Å². The minimum Gasteiger partial charge on any atom is -0.356 e. The molecule has 0 aliphatic heterocycles. The Bertz CT molecular complexity index is 1370. The van der Waals surface area contributed by atoms with Gasteiger partial charge in [0.2, 0.25) is 5.91 Å². The molecule has 0 atom stereocenters. The number of rotatable bonds is 5. The quantitative estimate of drug-likeness (QED) is 0.401. The van der Waals surface area contributed by atoms with E-state index in [1.807, 2.05) is 66.9 Å². The summed E-state index contributed by atoms with van der Waals surface area (Å²) in [5, 5.41) is 10.8. The number of hydrogen-bond acceptors (Lipinski definition) is 6. The summed E-state index contributed by atoms with van der Waals surface area (Å²) in [5.74, 6) is -0.150. The van der Waals surface area contributed by atoms with Crippen LogP contribution in [0.25, 0.3) is 32.8 Å². The highest BCUT2D eigenvalue weighted by Crippen LogP contribution is 2.29. The summed E-state index contributed by atoms with van der Waals surface area (Å²) in [6.07, 6.45) is 3.68. The Morgan fingerprint density at radius 3 is 2.87 bits per heavy atom. The highest BCUT2D eigenvalue weighted by molar-refractivity contribution is 7.13. The summed E-state index contributed by atoms with van der Waals surface area (Å²) in [4.78, 5) is 21.5. The van der Waals surface area contributed by atoms with Gasteiger partial charge in [0.05, 0.1) is 12.1 Å². The highest BCUT2D eigenvalue weighted by Gasteiger charge is 2.14. The molecule has 0 spiro atoms. The third-order valence-electron chi connectivity index (χ3n) is 4.88. The van der Waals surface area contributed by atoms with Gasteiger partial charge >= 0.3 is 0 Å². The number of pyridine rings is 1. The molecule has 7 heteroatoms. The topological polar surface area (TPSA) is 80.9 Å². The maximum absolute atomic E-state index is 12.6. The van der Waals surface area contributed by atoms with Gasteiger partial charge in [0, 0.05) is 40.0 Å². The summed E-state index contributed by atoms with van der Waals surface area (Å²) < 4.78 is 5.33. The van der Waals surface area contributed by atoms with Crippen molar-refractivity contribution in [1.29, 1.82) is 0 Å². The molecule has 1 N–H and O–H groups in total. The minimum atomic E-state index is -0.150. The third-order valence-corrected chi connectivity index (χ3v) is 5.77. The normalized spacial score (nSPS) is 11.0. The smallest absolute Gasteiger partial charge is 0.230 e. The molecule has 0 unspecified atom stereocenters. The molecule has 0 fully saturated rings. The number of fused-ring (bicyclic) bond motifs is 1. The lowest BCUT2D eigenvalue weighted by atomic mass is 10.1. The molecule has 31 heavy (non-hydrogen) atoms. The molecule has 0 saturated carbocycles. The molecule has 2 aromatic carbocycles. The number of carbonyl (C=O) groups is 1. The summed E-state index contributed by atoms with van der Waals surface area (Å²) >= 11 is 1.57. The van der Waals surface area contributed by atoms with Gasteiger partial charge in [-0.1, -0.05) is 28.9 Å². The van der Waals surface area contributed by atoms with Gasteiger partial charge in [-0.2, -0.15) is 0 Å². The van der Waals surface area contributed by atoms with Crippen molar-refractivity contribution in [1.82, 2.24) is 15.1 Å². The number of aromatic nitrogens is 3. The number of nitrogens with zero attached hydrogens (tertiary/aromatic N) is 3. The average molecular weight is 427 g/mol. The molecule has 152 valence electrons. The lowest BCUT2D eigenvalue weighted by Crippen LogP contribution is -2.14. The van der Waals surface area contributed by atoms with Gasteiger partial charge < -0.3 is 9.84 Å². The number of anilines is 1. The first-order valence-corrected chi connectivity index (χ1v) is 10.6. The Morgan fingerprint density at radius 2 is 2.00 bits per heavy atom. The molecular formula is C24H18N4O2S. The molecule has 0 aliphatic carbocycles. The predicted octanol–water partition coefficient (Wildman–Crippen LogP) is 5.50. The Labute approximate surface area is 182 Å². The lowest BCUT2D eigenvalue weighted by Gasteiger charge is -2.06. The van der Waals surface area contributed by atoms with E-state index < -0.39 is 0 Å². The fourth-order valence-corrected chi connectivity index (χ4v) is 4.19. The second-order valence-electron chi connectivity index (χ2n) is 7.21. The number of nitrogens with one attached hydrogen (secondary N) is 1. The first kappa shape index (κ1) is 19.1. The number of hydrogen-bond donors (Lipinski definition) is 1. The summed E-state index contributed by atoms with van der Waals surface area (Å²) in [5.41, 5.74) is 5.90. The summed E-state index contributed by atoms with van der Waals surface area (Å²) in [7, 11) is 0. The van der Waals surface area contributed by atoms with Gasteiger partial charge in [0.15, 0.2) is 5.58 Å². The Kier molecular flexibility index (Phi) is 5.01. The Morgan fingerprint density at radius 1 is 1.10 bits per heavy atom. The number of amides is 1. The molecule has 0 saturated heterocycles. The van der Waals surface area contributed by atoms with Crippen LogP contribution in [0, 0.1) is 6.92 Å². The summed E-state index contributed by atoms with van der Waals surface area (Å²) in [6, 6.07) is 17.4. The van der Waals surface area contributed by atoms with Gasteiger partial charge in [-0.25, -0.2) is 4.98 Å². The van der Waals surface area contributed by atoms with Gasteiger partial charge in [-0.3, -0.25) is 9.78 Å². The molecule has 1 amide bonds. The van der Waals surface area contributed by atoms with Crippen LogP contribution in [0.2, 0.25) is 0 Å². The second-order valence-corrected chi connectivity index (χ2v) is 8.07. The van der Waals surface area contributed by atoms with Crippen molar-refractivity contribution in [2.24, 2.45) is 0 Å². The fraction of sp³-hybridized carbons (Fsp3) is 0.0833. The number of benzene rings is 2. The van der Waals surface area contributed by atoms with Crippen LogP contribution in [0.4, 0.5) is 5.69 Å². The van der Waals surface area contributed by atoms with Crippen molar-refractivity contribution in [3.63, 3.8) is 0 Å². The first-order chi connectivity index (χ1) is 15.2. The van der Waals surface area contributed by atoms with Crippen LogP contribution in [0.5, 0.6) is 0 Å². The molecule has 0 bridgehead atoms. The van der Waals surface area contributed by atoms with Crippen LogP contribution in [-0.2, 0) is 11.2 Å². The molecular weight excluding hydrogens is 408 g/mol. The highest BCUT2D eigenvalue weighted by atomic mass is 32.1. The van der Waals surface area contributed by atoms with Gasteiger partial charge in [0.1, 0.15) is 10.7 Å². The molecule has 5 aromatic rings. The van der Waals surface area contributed by atoms with Crippen molar-refractivity contribution in [2.45, 2.75) is 13.3 Å². The zero-order valence-electron chi connectivity index (χ0n) is 16.7. The van der Waals surface area contributed by atoms with Gasteiger partial charge in [-0.15, -0.1) is 11.3 Å². The van der Waals surface area contributed by atoms with Crippen LogP contribution in [0.15, 0.2) is 76.9 Å². The van der Waals surface area contributed by atoms with E-state index in [-0.39, 0.29) is 12.3 Å². The average Bonchev–Trinajstić information content (AvgIpc) is 3.42. The van der Waals surface area contributed by atoms with Crippen LogP contribution >= 0.6 is 11.3 Å². The molecule has 3 aromatic heterocycles. The largest absolute Gasteiger partial charge is 0.356 e. The molecule has 5 rings (SSSR count). The lowest BCUT2D eigenvalue weighted by molar-refractivity contribution is -0.115. The standard InChI is InChI=1S/C24H18N4O2S/c1-15-7-8-22-19(10-15)20(28-30-22)12-23(29)26-18-6-2-4-16(11-18)21-14-31-24(27-21)17-5-3-9-25-13-17/h2-11,13-14H,12H2,1H3,(H,26,29). The predicted molar refractivity (Wildman–Crippen MR) is 122 cm³/mol. The van der Waals surface area contributed by atoms with Crippen molar-refractivity contribution in [2.75, 3.05) is 5.32 Å². The number of thiazole rings is 1. The molecule has 0 radical (unpaired) electrons. The number of carbonyl (C=O) groups excluding carboxylic acids is 1. The maximum Gasteiger partial charge on any atom is 0.230 e. The number of aryl methyl sites for hydroxylation is 1. The van der Waals surface area contributed by atoms with E-state index >= 15 is 0 Å². The van der Waals surface area contributed by atoms with E-state index in [0.717, 1.165) is 32.8 Å². The van der Waals surface area contributed by atoms with Crippen LogP contribution in [-0.4, -0.2) is 21.0 Å². The SMILES string of the molecule is Cc1ccc2onc(CC(=O)Nc3cccc(-c4csc(-c5cccnc5)n4)c3)c2c1. The fourth-order valence-electron chi connectivity index (χ4n) is 3.37. The molecule has 3 heterocycles.